The summed E-state index contributed by atoms with van der Waals surface area (Å²) in [6, 6.07) is 5.32. The van der Waals surface area contributed by atoms with Crippen molar-refractivity contribution in [2.75, 3.05) is 18.2 Å². The normalized spacial score (nSPS) is 10.3. The topological polar surface area (TPSA) is 26.0 Å². The molecule has 0 radical (unpaired) electrons. The highest BCUT2D eigenvalue weighted by atomic mass is 35.5. The average molecular weight is 220 g/mol. The molecule has 2 N–H and O–H groups in total. The predicted octanol–water partition coefficient (Wildman–Crippen LogP) is 3.37. The summed E-state index contributed by atoms with van der Waals surface area (Å²) in [7, 11) is 0. The fraction of sp³-hybridized carbons (Fsp3) is 0.333. The van der Waals surface area contributed by atoms with Crippen LogP contribution in [0.15, 0.2) is 23.1 Å². The van der Waals surface area contributed by atoms with Gasteiger partial charge in [-0.15, -0.1) is 11.8 Å². The molecular weight excluding hydrogens is 209 g/mol. The minimum atomic E-state index is -0.285. The lowest BCUT2D eigenvalue weighted by Gasteiger charge is -2.03. The highest BCUT2D eigenvalue weighted by Gasteiger charge is 2.00. The van der Waals surface area contributed by atoms with Crippen molar-refractivity contribution < 1.29 is 4.39 Å². The zero-order chi connectivity index (χ0) is 9.68. The maximum Gasteiger partial charge on any atom is 0.0902 e. The summed E-state index contributed by atoms with van der Waals surface area (Å²) in [5.74, 6) is 0.736. The van der Waals surface area contributed by atoms with E-state index in [1.165, 1.54) is 11.8 Å². The second-order valence-electron chi connectivity index (χ2n) is 2.58. The van der Waals surface area contributed by atoms with Crippen molar-refractivity contribution in [3.05, 3.63) is 23.2 Å². The standard InChI is InChI=1S/C9H11ClFNS/c10-8-3-2-7(12)6-9(8)13-5-1-4-11/h2-3,6H,1,4-5,12H2. The molecule has 0 heterocycles. The van der Waals surface area contributed by atoms with E-state index >= 15 is 0 Å². The molecule has 0 bridgehead atoms. The van der Waals surface area contributed by atoms with Crippen molar-refractivity contribution in [3.8, 4) is 0 Å². The summed E-state index contributed by atoms with van der Waals surface area (Å²) in [5.41, 5.74) is 6.27. The van der Waals surface area contributed by atoms with Gasteiger partial charge in [-0.05, 0) is 24.6 Å². The molecule has 1 aromatic rings. The summed E-state index contributed by atoms with van der Waals surface area (Å²) in [5, 5.41) is 0.679. The number of nitrogens with two attached hydrogens (primary N) is 1. The van der Waals surface area contributed by atoms with E-state index < -0.39 is 0 Å². The molecule has 0 aliphatic rings. The number of nitrogen functional groups attached to an aromatic ring is 1. The van der Waals surface area contributed by atoms with Gasteiger partial charge in [0.2, 0.25) is 0 Å². The molecule has 0 saturated carbocycles. The number of benzene rings is 1. The van der Waals surface area contributed by atoms with Gasteiger partial charge < -0.3 is 5.73 Å². The van der Waals surface area contributed by atoms with Crippen LogP contribution in [0.5, 0.6) is 0 Å². The maximum absolute atomic E-state index is 11.8. The molecule has 0 saturated heterocycles. The first-order valence-corrected chi connectivity index (χ1v) is 5.34. The molecule has 1 nitrogen and oxygen atoms in total. The zero-order valence-corrected chi connectivity index (χ0v) is 8.67. The minimum Gasteiger partial charge on any atom is -0.399 e. The Morgan fingerprint density at radius 1 is 1.46 bits per heavy atom. The third-order valence-electron chi connectivity index (χ3n) is 1.49. The Morgan fingerprint density at radius 3 is 2.92 bits per heavy atom. The van der Waals surface area contributed by atoms with Crippen LogP contribution in [0, 0.1) is 0 Å². The van der Waals surface area contributed by atoms with E-state index in [9.17, 15) is 4.39 Å². The van der Waals surface area contributed by atoms with Crippen molar-refractivity contribution in [2.45, 2.75) is 11.3 Å². The van der Waals surface area contributed by atoms with Crippen LogP contribution in [-0.4, -0.2) is 12.4 Å². The van der Waals surface area contributed by atoms with Crippen LogP contribution >= 0.6 is 23.4 Å². The van der Waals surface area contributed by atoms with Gasteiger partial charge in [-0.1, -0.05) is 11.6 Å². The Bertz CT molecular complexity index is 280. The Hall–Kier alpha value is -0.410. The molecule has 72 valence electrons. The van der Waals surface area contributed by atoms with Gasteiger partial charge in [0.1, 0.15) is 0 Å². The monoisotopic (exact) mass is 219 g/mol. The minimum absolute atomic E-state index is 0.285. The molecule has 0 amide bonds. The molecule has 1 aromatic carbocycles. The van der Waals surface area contributed by atoms with Crippen molar-refractivity contribution in [1.29, 1.82) is 0 Å². The first-order valence-electron chi connectivity index (χ1n) is 3.98. The number of alkyl halides is 1. The van der Waals surface area contributed by atoms with Gasteiger partial charge in [0.05, 0.1) is 11.7 Å². The molecule has 13 heavy (non-hydrogen) atoms. The van der Waals surface area contributed by atoms with E-state index in [0.29, 0.717) is 17.1 Å². The van der Waals surface area contributed by atoms with E-state index in [2.05, 4.69) is 0 Å². The second kappa shape index (κ2) is 5.35. The Labute approximate surface area is 86.5 Å². The highest BCUT2D eigenvalue weighted by Crippen LogP contribution is 2.29. The smallest absolute Gasteiger partial charge is 0.0902 e. The van der Waals surface area contributed by atoms with E-state index in [4.69, 9.17) is 17.3 Å². The van der Waals surface area contributed by atoms with Gasteiger partial charge in [-0.3, -0.25) is 4.39 Å². The molecule has 4 heteroatoms. The summed E-state index contributed by atoms with van der Waals surface area (Å²) in [4.78, 5) is 0.926. The number of hydrogen-bond acceptors (Lipinski definition) is 2. The molecule has 0 aliphatic carbocycles. The largest absolute Gasteiger partial charge is 0.399 e. The number of halogens is 2. The van der Waals surface area contributed by atoms with Crippen molar-refractivity contribution in [1.82, 2.24) is 0 Å². The average Bonchev–Trinajstić information content (AvgIpc) is 2.11. The first-order chi connectivity index (χ1) is 6.24. The van der Waals surface area contributed by atoms with Gasteiger partial charge >= 0.3 is 0 Å². The fourth-order valence-electron chi connectivity index (χ4n) is 0.867. The van der Waals surface area contributed by atoms with Crippen LogP contribution in [0.2, 0.25) is 5.02 Å². The number of rotatable bonds is 4. The first kappa shape index (κ1) is 10.7. The highest BCUT2D eigenvalue weighted by molar-refractivity contribution is 7.99. The molecule has 0 spiro atoms. The van der Waals surface area contributed by atoms with Crippen molar-refractivity contribution in [3.63, 3.8) is 0 Å². The predicted molar refractivity (Wildman–Crippen MR) is 57.2 cm³/mol. The summed E-state index contributed by atoms with van der Waals surface area (Å²) < 4.78 is 11.8. The fourth-order valence-corrected chi connectivity index (χ4v) is 2.05. The van der Waals surface area contributed by atoms with E-state index in [-0.39, 0.29) is 6.67 Å². The van der Waals surface area contributed by atoms with Crippen LogP contribution in [-0.2, 0) is 0 Å². The number of hydrogen-bond donors (Lipinski definition) is 1. The van der Waals surface area contributed by atoms with E-state index in [1.54, 1.807) is 12.1 Å². The second-order valence-corrected chi connectivity index (χ2v) is 4.12. The Kier molecular flexibility index (Phi) is 4.39. The lowest BCUT2D eigenvalue weighted by atomic mass is 10.3. The molecule has 0 unspecified atom stereocenters. The van der Waals surface area contributed by atoms with Crippen LogP contribution in [0.4, 0.5) is 10.1 Å². The van der Waals surface area contributed by atoms with Gasteiger partial charge in [-0.25, -0.2) is 0 Å². The lowest BCUT2D eigenvalue weighted by molar-refractivity contribution is 0.489. The molecule has 0 aromatic heterocycles. The van der Waals surface area contributed by atoms with Gasteiger partial charge in [0, 0.05) is 16.3 Å². The number of anilines is 1. The van der Waals surface area contributed by atoms with E-state index in [1.807, 2.05) is 6.07 Å². The zero-order valence-electron chi connectivity index (χ0n) is 7.09. The van der Waals surface area contributed by atoms with Gasteiger partial charge in [0.15, 0.2) is 0 Å². The van der Waals surface area contributed by atoms with Crippen LogP contribution in [0.3, 0.4) is 0 Å². The Balaban J connectivity index is 2.59. The quantitative estimate of drug-likeness (QED) is 0.477. The van der Waals surface area contributed by atoms with E-state index in [0.717, 1.165) is 10.6 Å². The van der Waals surface area contributed by atoms with Gasteiger partial charge in [-0.2, -0.15) is 0 Å². The molecule has 0 atom stereocenters. The van der Waals surface area contributed by atoms with Crippen LogP contribution in [0.1, 0.15) is 6.42 Å². The van der Waals surface area contributed by atoms with Gasteiger partial charge in [0.25, 0.3) is 0 Å². The summed E-state index contributed by atoms with van der Waals surface area (Å²) >= 11 is 7.44. The summed E-state index contributed by atoms with van der Waals surface area (Å²) in [6.07, 6.45) is 0.551. The number of thioether (sulfide) groups is 1. The third kappa shape index (κ3) is 3.44. The molecule has 0 fully saturated rings. The van der Waals surface area contributed by atoms with Crippen molar-refractivity contribution in [2.24, 2.45) is 0 Å². The third-order valence-corrected chi connectivity index (χ3v) is 3.07. The SMILES string of the molecule is Nc1ccc(Cl)c(SCCCF)c1. The maximum atomic E-state index is 11.8. The molecule has 0 aliphatic heterocycles. The van der Waals surface area contributed by atoms with Crippen molar-refractivity contribution >= 4 is 29.1 Å². The molecule has 1 rings (SSSR count). The van der Waals surface area contributed by atoms with Crippen LogP contribution < -0.4 is 5.73 Å². The molecular formula is C9H11ClFNS. The summed E-state index contributed by atoms with van der Waals surface area (Å²) in [6.45, 7) is -0.285. The lowest BCUT2D eigenvalue weighted by Crippen LogP contribution is -1.87. The van der Waals surface area contributed by atoms with Crippen LogP contribution in [0.25, 0.3) is 0 Å². The Morgan fingerprint density at radius 2 is 2.23 bits per heavy atom.